The van der Waals surface area contributed by atoms with Crippen molar-refractivity contribution in [3.8, 4) is 0 Å². The molecule has 0 spiro atoms. The molecule has 1 fully saturated rings. The van der Waals surface area contributed by atoms with E-state index in [2.05, 4.69) is 44.3 Å². The van der Waals surface area contributed by atoms with Crippen molar-refractivity contribution in [2.45, 2.75) is 39.7 Å². The standard InChI is InChI=1S/C16H24N2O.ClH/c1-12-4-5-15(13(2)10-12)6-7-16(19)18-9-8-17-11-14(18)3;/h4-5,10,14,17H,6-9,11H2,1-3H3;1H/t14-;/m0./s1. The third-order valence-electron chi connectivity index (χ3n) is 3.93. The summed E-state index contributed by atoms with van der Waals surface area (Å²) < 4.78 is 0. The van der Waals surface area contributed by atoms with E-state index in [1.165, 1.54) is 16.7 Å². The van der Waals surface area contributed by atoms with Crippen LogP contribution in [0.25, 0.3) is 0 Å². The molecule has 1 saturated heterocycles. The van der Waals surface area contributed by atoms with Crippen molar-refractivity contribution in [2.24, 2.45) is 0 Å². The highest BCUT2D eigenvalue weighted by atomic mass is 35.5. The molecule has 2 rings (SSSR count). The SMILES string of the molecule is Cc1ccc(CCC(=O)N2CCNC[C@@H]2C)c(C)c1.Cl. The molecule has 1 aromatic rings. The maximum atomic E-state index is 12.3. The second-order valence-corrected chi connectivity index (χ2v) is 5.57. The van der Waals surface area contributed by atoms with Gasteiger partial charge < -0.3 is 10.2 Å². The largest absolute Gasteiger partial charge is 0.337 e. The Kier molecular flexibility index (Phi) is 6.50. The van der Waals surface area contributed by atoms with Crippen molar-refractivity contribution in [3.05, 3.63) is 34.9 Å². The van der Waals surface area contributed by atoms with Crippen LogP contribution in [0.3, 0.4) is 0 Å². The van der Waals surface area contributed by atoms with Gasteiger partial charge in [-0.1, -0.05) is 23.8 Å². The number of nitrogens with zero attached hydrogens (tertiary/aromatic N) is 1. The van der Waals surface area contributed by atoms with Gasteiger partial charge in [0.05, 0.1) is 0 Å². The van der Waals surface area contributed by atoms with E-state index < -0.39 is 0 Å². The van der Waals surface area contributed by atoms with Crippen molar-refractivity contribution in [1.82, 2.24) is 10.2 Å². The van der Waals surface area contributed by atoms with Crippen LogP contribution in [0.5, 0.6) is 0 Å². The average Bonchev–Trinajstić information content (AvgIpc) is 2.38. The Morgan fingerprint density at radius 1 is 1.40 bits per heavy atom. The van der Waals surface area contributed by atoms with Crippen LogP contribution < -0.4 is 5.32 Å². The second kappa shape index (κ2) is 7.65. The molecular weight excluding hydrogens is 272 g/mol. The summed E-state index contributed by atoms with van der Waals surface area (Å²) >= 11 is 0. The summed E-state index contributed by atoms with van der Waals surface area (Å²) in [5, 5.41) is 3.31. The minimum Gasteiger partial charge on any atom is -0.337 e. The number of amides is 1. The fourth-order valence-electron chi connectivity index (χ4n) is 2.72. The molecule has 1 aliphatic heterocycles. The van der Waals surface area contributed by atoms with Gasteiger partial charge in [-0.3, -0.25) is 4.79 Å². The van der Waals surface area contributed by atoms with E-state index in [0.29, 0.717) is 12.5 Å². The number of piperazine rings is 1. The normalized spacial score (nSPS) is 18.6. The highest BCUT2D eigenvalue weighted by molar-refractivity contribution is 5.85. The minimum absolute atomic E-state index is 0. The number of hydrogen-bond acceptors (Lipinski definition) is 2. The quantitative estimate of drug-likeness (QED) is 0.929. The smallest absolute Gasteiger partial charge is 0.223 e. The lowest BCUT2D eigenvalue weighted by Crippen LogP contribution is -2.52. The molecule has 0 aliphatic carbocycles. The van der Waals surface area contributed by atoms with Crippen molar-refractivity contribution >= 4 is 18.3 Å². The summed E-state index contributed by atoms with van der Waals surface area (Å²) in [7, 11) is 0. The summed E-state index contributed by atoms with van der Waals surface area (Å²) in [5.41, 5.74) is 3.87. The Hall–Kier alpha value is -1.06. The molecule has 1 heterocycles. The fourth-order valence-corrected chi connectivity index (χ4v) is 2.72. The summed E-state index contributed by atoms with van der Waals surface area (Å²) in [4.78, 5) is 14.3. The first-order chi connectivity index (χ1) is 9.08. The van der Waals surface area contributed by atoms with Gasteiger partial charge in [0.1, 0.15) is 0 Å². The molecule has 0 saturated carbocycles. The number of rotatable bonds is 3. The van der Waals surface area contributed by atoms with Crippen LogP contribution in [-0.4, -0.2) is 36.5 Å². The number of carbonyl (C=O) groups excluding carboxylic acids is 1. The van der Waals surface area contributed by atoms with Crippen molar-refractivity contribution in [2.75, 3.05) is 19.6 Å². The van der Waals surface area contributed by atoms with Crippen LogP contribution in [0.4, 0.5) is 0 Å². The van der Waals surface area contributed by atoms with Crippen molar-refractivity contribution < 1.29 is 4.79 Å². The predicted molar refractivity (Wildman–Crippen MR) is 85.5 cm³/mol. The predicted octanol–water partition coefficient (Wildman–Crippen LogP) is 2.48. The van der Waals surface area contributed by atoms with E-state index in [1.54, 1.807) is 0 Å². The van der Waals surface area contributed by atoms with E-state index >= 15 is 0 Å². The Balaban J connectivity index is 0.00000200. The molecule has 0 bridgehead atoms. The van der Waals surface area contributed by atoms with Crippen LogP contribution in [0, 0.1) is 13.8 Å². The Morgan fingerprint density at radius 2 is 2.15 bits per heavy atom. The van der Waals surface area contributed by atoms with Gasteiger partial charge in [0.25, 0.3) is 0 Å². The zero-order valence-corrected chi connectivity index (χ0v) is 13.4. The van der Waals surface area contributed by atoms with Crippen LogP contribution in [0.2, 0.25) is 0 Å². The summed E-state index contributed by atoms with van der Waals surface area (Å²) in [6, 6.07) is 6.78. The third kappa shape index (κ3) is 4.22. The molecule has 20 heavy (non-hydrogen) atoms. The Labute approximate surface area is 128 Å². The third-order valence-corrected chi connectivity index (χ3v) is 3.93. The van der Waals surface area contributed by atoms with Gasteiger partial charge in [-0.25, -0.2) is 0 Å². The molecule has 0 radical (unpaired) electrons. The topological polar surface area (TPSA) is 32.3 Å². The van der Waals surface area contributed by atoms with Crippen molar-refractivity contribution in [3.63, 3.8) is 0 Å². The zero-order valence-electron chi connectivity index (χ0n) is 12.6. The van der Waals surface area contributed by atoms with Crippen LogP contribution in [0.15, 0.2) is 18.2 Å². The molecule has 1 amide bonds. The molecule has 0 unspecified atom stereocenters. The molecule has 112 valence electrons. The lowest BCUT2D eigenvalue weighted by Gasteiger charge is -2.34. The minimum atomic E-state index is 0. The van der Waals surface area contributed by atoms with Gasteiger partial charge >= 0.3 is 0 Å². The first kappa shape index (κ1) is 17.0. The number of halogens is 1. The van der Waals surface area contributed by atoms with Crippen LogP contribution in [0.1, 0.15) is 30.0 Å². The lowest BCUT2D eigenvalue weighted by atomic mass is 10.0. The fraction of sp³-hybridized carbons (Fsp3) is 0.562. The first-order valence-corrected chi connectivity index (χ1v) is 7.14. The van der Waals surface area contributed by atoms with Crippen LogP contribution >= 0.6 is 12.4 Å². The monoisotopic (exact) mass is 296 g/mol. The Morgan fingerprint density at radius 3 is 2.80 bits per heavy atom. The van der Waals surface area contributed by atoms with Gasteiger partial charge in [0, 0.05) is 32.1 Å². The number of hydrogen-bond donors (Lipinski definition) is 1. The maximum absolute atomic E-state index is 12.3. The first-order valence-electron chi connectivity index (χ1n) is 7.14. The molecule has 0 aromatic heterocycles. The average molecular weight is 297 g/mol. The van der Waals surface area contributed by atoms with Gasteiger partial charge in [0.2, 0.25) is 5.91 Å². The molecule has 1 aromatic carbocycles. The van der Waals surface area contributed by atoms with E-state index in [4.69, 9.17) is 0 Å². The summed E-state index contributed by atoms with van der Waals surface area (Å²) in [5.74, 6) is 0.286. The summed E-state index contributed by atoms with van der Waals surface area (Å²) in [6.45, 7) is 9.01. The molecule has 1 atom stereocenters. The van der Waals surface area contributed by atoms with Gasteiger partial charge in [-0.15, -0.1) is 12.4 Å². The lowest BCUT2D eigenvalue weighted by molar-refractivity contribution is -0.133. The molecule has 1 N–H and O–H groups in total. The zero-order chi connectivity index (χ0) is 13.8. The second-order valence-electron chi connectivity index (χ2n) is 5.57. The number of aryl methyl sites for hydroxylation is 3. The Bertz CT molecular complexity index is 462. The van der Waals surface area contributed by atoms with Gasteiger partial charge in [-0.2, -0.15) is 0 Å². The molecular formula is C16H25ClN2O. The number of benzene rings is 1. The van der Waals surface area contributed by atoms with Crippen molar-refractivity contribution in [1.29, 1.82) is 0 Å². The van der Waals surface area contributed by atoms with Gasteiger partial charge in [0.15, 0.2) is 0 Å². The molecule has 4 heteroatoms. The molecule has 3 nitrogen and oxygen atoms in total. The number of carbonyl (C=O) groups is 1. The molecule has 1 aliphatic rings. The van der Waals surface area contributed by atoms with E-state index in [9.17, 15) is 4.79 Å². The van der Waals surface area contributed by atoms with E-state index in [0.717, 1.165) is 26.1 Å². The van der Waals surface area contributed by atoms with Gasteiger partial charge in [-0.05, 0) is 38.3 Å². The highest BCUT2D eigenvalue weighted by Gasteiger charge is 2.22. The van der Waals surface area contributed by atoms with E-state index in [1.807, 2.05) is 4.90 Å². The van der Waals surface area contributed by atoms with Crippen LogP contribution in [-0.2, 0) is 11.2 Å². The highest BCUT2D eigenvalue weighted by Crippen LogP contribution is 2.14. The summed E-state index contributed by atoms with van der Waals surface area (Å²) in [6.07, 6.45) is 1.47. The van der Waals surface area contributed by atoms with E-state index in [-0.39, 0.29) is 18.3 Å². The number of nitrogens with one attached hydrogen (secondary N) is 1. The maximum Gasteiger partial charge on any atom is 0.223 e.